The molecule has 0 radical (unpaired) electrons. The molecule has 3 heterocycles. The normalized spacial score (nSPS) is 17.8. The molecule has 9 heteroatoms. The summed E-state index contributed by atoms with van der Waals surface area (Å²) in [5.41, 5.74) is 4.60. The van der Waals surface area contributed by atoms with Gasteiger partial charge in [-0.2, -0.15) is 0 Å². The standard InChI is InChI=1S/C24H24Cl2N4O2S/c1-4-32-20(31)13-29-23(22(28-24(29)33)18-9-5-6-11-27-18)16-12-14(2)30(15(16)3)19-10-7-8-17(25)21(19)26/h5-12,22-23H,4,13H2,1-3H3,(H,28,33). The average Bonchev–Trinajstić information content (AvgIpc) is 3.26. The van der Waals surface area contributed by atoms with Gasteiger partial charge in [0.05, 0.1) is 40.1 Å². The zero-order valence-corrected chi connectivity index (χ0v) is 20.8. The van der Waals surface area contributed by atoms with E-state index in [1.165, 1.54) is 0 Å². The predicted octanol–water partition coefficient (Wildman–Crippen LogP) is 5.33. The van der Waals surface area contributed by atoms with Gasteiger partial charge in [-0.15, -0.1) is 0 Å². The Balaban J connectivity index is 1.84. The van der Waals surface area contributed by atoms with Gasteiger partial charge in [-0.3, -0.25) is 9.78 Å². The minimum atomic E-state index is -0.333. The van der Waals surface area contributed by atoms with E-state index >= 15 is 0 Å². The number of aromatic nitrogens is 2. The molecule has 0 amide bonds. The second-order valence-corrected chi connectivity index (χ2v) is 8.97. The molecule has 4 rings (SSSR count). The highest BCUT2D eigenvalue weighted by atomic mass is 35.5. The lowest BCUT2D eigenvalue weighted by Gasteiger charge is -2.27. The molecule has 1 fully saturated rings. The number of rotatable bonds is 6. The maximum Gasteiger partial charge on any atom is 0.325 e. The van der Waals surface area contributed by atoms with Gasteiger partial charge in [-0.1, -0.05) is 35.3 Å². The Morgan fingerprint density at radius 3 is 2.70 bits per heavy atom. The van der Waals surface area contributed by atoms with Crippen molar-refractivity contribution in [3.8, 4) is 5.69 Å². The lowest BCUT2D eigenvalue weighted by atomic mass is 9.97. The minimum Gasteiger partial charge on any atom is -0.465 e. The van der Waals surface area contributed by atoms with Crippen molar-refractivity contribution in [3.63, 3.8) is 0 Å². The van der Waals surface area contributed by atoms with E-state index in [-0.39, 0.29) is 24.6 Å². The molecule has 3 aromatic rings. The zero-order chi connectivity index (χ0) is 23.7. The molecule has 0 spiro atoms. The highest BCUT2D eigenvalue weighted by Crippen LogP contribution is 2.42. The van der Waals surface area contributed by atoms with Crippen molar-refractivity contribution in [2.24, 2.45) is 0 Å². The SMILES string of the molecule is CCOC(=O)CN1C(=S)NC(c2ccccn2)C1c1cc(C)n(-c2cccc(Cl)c2Cl)c1C. The van der Waals surface area contributed by atoms with E-state index in [0.29, 0.717) is 21.8 Å². The van der Waals surface area contributed by atoms with Crippen molar-refractivity contribution in [3.05, 3.63) is 81.4 Å². The molecule has 2 unspecified atom stereocenters. The maximum absolute atomic E-state index is 12.4. The van der Waals surface area contributed by atoms with Crippen LogP contribution in [-0.4, -0.2) is 38.7 Å². The second kappa shape index (κ2) is 9.71. The minimum absolute atomic E-state index is 0.0370. The van der Waals surface area contributed by atoms with E-state index in [2.05, 4.69) is 20.9 Å². The number of hydrogen-bond donors (Lipinski definition) is 1. The first-order valence-corrected chi connectivity index (χ1v) is 11.8. The average molecular weight is 503 g/mol. The summed E-state index contributed by atoms with van der Waals surface area (Å²) in [6, 6.07) is 12.9. The first kappa shape index (κ1) is 23.5. The molecular formula is C24H24Cl2N4O2S. The lowest BCUT2D eigenvalue weighted by Crippen LogP contribution is -2.35. The Hall–Kier alpha value is -2.61. The van der Waals surface area contributed by atoms with Crippen LogP contribution < -0.4 is 5.32 Å². The molecule has 172 valence electrons. The number of pyridine rings is 1. The highest BCUT2D eigenvalue weighted by Gasteiger charge is 2.42. The van der Waals surface area contributed by atoms with Crippen LogP contribution in [0.5, 0.6) is 0 Å². The van der Waals surface area contributed by atoms with Crippen molar-refractivity contribution in [2.45, 2.75) is 32.9 Å². The number of benzene rings is 1. The third kappa shape index (κ3) is 4.45. The van der Waals surface area contributed by atoms with Gasteiger partial charge in [0.15, 0.2) is 5.11 Å². The number of nitrogens with one attached hydrogen (secondary N) is 1. The van der Waals surface area contributed by atoms with Gasteiger partial charge >= 0.3 is 5.97 Å². The van der Waals surface area contributed by atoms with Gasteiger partial charge < -0.3 is 19.5 Å². The predicted molar refractivity (Wildman–Crippen MR) is 134 cm³/mol. The summed E-state index contributed by atoms with van der Waals surface area (Å²) < 4.78 is 7.29. The molecule has 1 saturated heterocycles. The molecule has 0 bridgehead atoms. The smallest absolute Gasteiger partial charge is 0.325 e. The van der Waals surface area contributed by atoms with Crippen molar-refractivity contribution >= 4 is 46.5 Å². The van der Waals surface area contributed by atoms with Gasteiger partial charge in [0, 0.05) is 17.6 Å². The quantitative estimate of drug-likeness (QED) is 0.363. The summed E-state index contributed by atoms with van der Waals surface area (Å²) in [5, 5.41) is 4.82. The van der Waals surface area contributed by atoms with Crippen LogP contribution in [0.1, 0.15) is 41.7 Å². The third-order valence-electron chi connectivity index (χ3n) is 5.76. The van der Waals surface area contributed by atoms with Crippen LogP contribution in [0.25, 0.3) is 5.69 Å². The summed E-state index contributed by atoms with van der Waals surface area (Å²) in [5.74, 6) is -0.333. The summed E-state index contributed by atoms with van der Waals surface area (Å²) in [6.45, 7) is 6.17. The number of ether oxygens (including phenoxy) is 1. The third-order valence-corrected chi connectivity index (χ3v) is 6.92. The van der Waals surface area contributed by atoms with Gasteiger partial charge in [0.2, 0.25) is 0 Å². The molecule has 1 N–H and O–H groups in total. The summed E-state index contributed by atoms with van der Waals surface area (Å²) >= 11 is 18.5. The molecule has 1 aromatic carbocycles. The van der Waals surface area contributed by atoms with Crippen LogP contribution in [0.3, 0.4) is 0 Å². The number of carbonyl (C=O) groups is 1. The van der Waals surface area contributed by atoms with Crippen molar-refractivity contribution < 1.29 is 9.53 Å². The Morgan fingerprint density at radius 1 is 1.21 bits per heavy atom. The molecule has 6 nitrogen and oxygen atoms in total. The van der Waals surface area contributed by atoms with Gasteiger partial charge in [-0.25, -0.2) is 0 Å². The monoisotopic (exact) mass is 502 g/mol. The first-order valence-electron chi connectivity index (χ1n) is 10.6. The molecule has 1 aliphatic rings. The van der Waals surface area contributed by atoms with Crippen LogP contribution in [0, 0.1) is 13.8 Å². The zero-order valence-electron chi connectivity index (χ0n) is 18.5. The Bertz CT molecular complexity index is 1200. The second-order valence-electron chi connectivity index (χ2n) is 7.79. The van der Waals surface area contributed by atoms with Gasteiger partial charge in [0.25, 0.3) is 0 Å². The Morgan fingerprint density at radius 2 is 2.00 bits per heavy atom. The Kier molecular flexibility index (Phi) is 6.93. The fourth-order valence-electron chi connectivity index (χ4n) is 4.38. The molecule has 1 aliphatic heterocycles. The van der Waals surface area contributed by atoms with Crippen LogP contribution in [0.4, 0.5) is 0 Å². The maximum atomic E-state index is 12.4. The summed E-state index contributed by atoms with van der Waals surface area (Å²) in [7, 11) is 0. The molecule has 0 aliphatic carbocycles. The van der Waals surface area contributed by atoms with Crippen molar-refractivity contribution in [1.29, 1.82) is 0 Å². The van der Waals surface area contributed by atoms with Gasteiger partial charge in [0.1, 0.15) is 6.54 Å². The number of esters is 1. The summed E-state index contributed by atoms with van der Waals surface area (Å²) in [4.78, 5) is 18.8. The largest absolute Gasteiger partial charge is 0.465 e. The van der Waals surface area contributed by atoms with E-state index in [0.717, 1.165) is 28.3 Å². The Labute approximate surface area is 208 Å². The molecular weight excluding hydrogens is 479 g/mol. The van der Waals surface area contributed by atoms with Crippen molar-refractivity contribution in [2.75, 3.05) is 13.2 Å². The number of hydrogen-bond acceptors (Lipinski definition) is 4. The van der Waals surface area contributed by atoms with E-state index in [4.69, 9.17) is 40.2 Å². The number of aryl methyl sites for hydroxylation is 1. The molecule has 2 aromatic heterocycles. The number of halogens is 2. The number of thiocarbonyl (C=S) groups is 1. The number of nitrogens with zero attached hydrogens (tertiary/aromatic N) is 3. The van der Waals surface area contributed by atoms with E-state index in [9.17, 15) is 4.79 Å². The lowest BCUT2D eigenvalue weighted by molar-refractivity contribution is -0.143. The number of carbonyl (C=O) groups excluding carboxylic acids is 1. The first-order chi connectivity index (χ1) is 15.8. The van der Waals surface area contributed by atoms with Crippen molar-refractivity contribution in [1.82, 2.24) is 19.8 Å². The van der Waals surface area contributed by atoms with Crippen LogP contribution >= 0.6 is 35.4 Å². The molecule has 0 saturated carbocycles. The molecule has 2 atom stereocenters. The summed E-state index contributed by atoms with van der Waals surface area (Å²) in [6.07, 6.45) is 1.75. The van der Waals surface area contributed by atoms with Crippen LogP contribution in [0.2, 0.25) is 10.0 Å². The fraction of sp³-hybridized carbons (Fsp3) is 0.292. The fourth-order valence-corrected chi connectivity index (χ4v) is 5.07. The molecule has 33 heavy (non-hydrogen) atoms. The highest BCUT2D eigenvalue weighted by molar-refractivity contribution is 7.80. The van der Waals surface area contributed by atoms with Gasteiger partial charge in [-0.05, 0) is 68.9 Å². The topological polar surface area (TPSA) is 59.4 Å². The van der Waals surface area contributed by atoms with E-state index < -0.39 is 0 Å². The van der Waals surface area contributed by atoms with E-state index in [1.54, 1.807) is 19.2 Å². The van der Waals surface area contributed by atoms with Crippen LogP contribution in [-0.2, 0) is 9.53 Å². The van der Waals surface area contributed by atoms with E-state index in [1.807, 2.05) is 49.1 Å². The van der Waals surface area contributed by atoms with Crippen LogP contribution in [0.15, 0.2) is 48.7 Å².